The molecule has 0 aliphatic rings. The van der Waals surface area contributed by atoms with Crippen LogP contribution in [0.15, 0.2) is 23.3 Å². The van der Waals surface area contributed by atoms with Crippen molar-refractivity contribution in [1.29, 1.82) is 0 Å². The van der Waals surface area contributed by atoms with E-state index in [0.717, 1.165) is 11.1 Å². The van der Waals surface area contributed by atoms with Crippen molar-refractivity contribution in [2.75, 3.05) is 26.0 Å². The summed E-state index contributed by atoms with van der Waals surface area (Å²) in [5, 5.41) is 0. The number of hydrogen-bond donors (Lipinski definition) is 0. The summed E-state index contributed by atoms with van der Waals surface area (Å²) in [6.07, 6.45) is 8.04. The van der Waals surface area contributed by atoms with E-state index in [0.29, 0.717) is 0 Å². The van der Waals surface area contributed by atoms with Gasteiger partial charge in [0, 0.05) is 0 Å². The van der Waals surface area contributed by atoms with Crippen molar-refractivity contribution in [2.24, 2.45) is 0 Å². The standard InChI is InChI=1S/C15H23O5P/c1-6-9-18-15(16)12-21(17,19-10-7-13(2)3)20-11-8-14(4)5/h1,7-8H,9-12H2,2-5H3. The first-order valence-electron chi connectivity index (χ1n) is 6.53. The summed E-state index contributed by atoms with van der Waals surface area (Å²) >= 11 is 0. The van der Waals surface area contributed by atoms with Crippen molar-refractivity contribution in [3.63, 3.8) is 0 Å². The predicted molar refractivity (Wildman–Crippen MR) is 83.0 cm³/mol. The predicted octanol–water partition coefficient (Wildman–Crippen LogP) is 3.32. The molecule has 0 saturated carbocycles. The van der Waals surface area contributed by atoms with Crippen LogP contribution in [0, 0.1) is 12.3 Å². The third-order valence-corrected chi connectivity index (χ3v) is 3.90. The van der Waals surface area contributed by atoms with E-state index in [1.165, 1.54) is 0 Å². The fourth-order valence-corrected chi connectivity index (χ4v) is 2.36. The average molecular weight is 314 g/mol. The average Bonchev–Trinajstić information content (AvgIpc) is 2.35. The molecule has 0 aromatic carbocycles. The molecule has 5 nitrogen and oxygen atoms in total. The molecule has 0 heterocycles. The minimum Gasteiger partial charge on any atom is -0.452 e. The van der Waals surface area contributed by atoms with Crippen LogP contribution in [0.1, 0.15) is 27.7 Å². The molecule has 0 N–H and O–H groups in total. The molecular formula is C15H23O5P. The van der Waals surface area contributed by atoms with Gasteiger partial charge in [-0.05, 0) is 27.7 Å². The highest BCUT2D eigenvalue weighted by molar-refractivity contribution is 7.54. The molecule has 0 fully saturated rings. The number of rotatable bonds is 9. The third-order valence-electron chi connectivity index (χ3n) is 2.16. The first-order chi connectivity index (χ1) is 9.79. The van der Waals surface area contributed by atoms with E-state index >= 15 is 0 Å². The molecule has 0 aromatic rings. The van der Waals surface area contributed by atoms with Gasteiger partial charge in [-0.2, -0.15) is 0 Å². The SMILES string of the molecule is C#CCOC(=O)CP(=O)(OCC=C(C)C)OCC=C(C)C. The Labute approximate surface area is 126 Å². The van der Waals surface area contributed by atoms with Gasteiger partial charge in [0.25, 0.3) is 0 Å². The smallest absolute Gasteiger partial charge is 0.342 e. The molecule has 21 heavy (non-hydrogen) atoms. The van der Waals surface area contributed by atoms with Gasteiger partial charge in [0.05, 0.1) is 13.2 Å². The molecule has 0 saturated heterocycles. The van der Waals surface area contributed by atoms with Gasteiger partial charge >= 0.3 is 13.6 Å². The van der Waals surface area contributed by atoms with Crippen molar-refractivity contribution in [2.45, 2.75) is 27.7 Å². The summed E-state index contributed by atoms with van der Waals surface area (Å²) in [6, 6.07) is 0. The third kappa shape index (κ3) is 11.0. The second-order valence-electron chi connectivity index (χ2n) is 4.79. The molecule has 0 aliphatic carbocycles. The first kappa shape index (κ1) is 19.7. The van der Waals surface area contributed by atoms with Crippen molar-refractivity contribution < 1.29 is 23.1 Å². The van der Waals surface area contributed by atoms with Gasteiger partial charge in [-0.25, -0.2) is 0 Å². The number of carbonyl (C=O) groups is 1. The van der Waals surface area contributed by atoms with Crippen molar-refractivity contribution in [3.05, 3.63) is 23.3 Å². The van der Waals surface area contributed by atoms with Crippen LogP contribution >= 0.6 is 7.60 Å². The highest BCUT2D eigenvalue weighted by Gasteiger charge is 2.29. The van der Waals surface area contributed by atoms with Crippen molar-refractivity contribution in [1.82, 2.24) is 0 Å². The van der Waals surface area contributed by atoms with Crippen LogP contribution in [-0.2, 0) is 23.1 Å². The van der Waals surface area contributed by atoms with Gasteiger partial charge in [-0.15, -0.1) is 6.42 Å². The molecule has 0 atom stereocenters. The molecular weight excluding hydrogens is 291 g/mol. The lowest BCUT2D eigenvalue weighted by molar-refractivity contribution is -0.139. The Morgan fingerprint density at radius 2 is 1.57 bits per heavy atom. The number of carbonyl (C=O) groups excluding carboxylic acids is 1. The fraction of sp³-hybridized carbons (Fsp3) is 0.533. The minimum absolute atomic E-state index is 0.108. The monoisotopic (exact) mass is 314 g/mol. The lowest BCUT2D eigenvalue weighted by atomic mass is 10.3. The van der Waals surface area contributed by atoms with Crippen molar-refractivity contribution in [3.8, 4) is 12.3 Å². The van der Waals surface area contributed by atoms with Crippen LogP contribution in [0.2, 0.25) is 0 Å². The fourth-order valence-electron chi connectivity index (χ4n) is 1.09. The Kier molecular flexibility index (Phi) is 9.73. The van der Waals surface area contributed by atoms with Crippen LogP contribution in [0.3, 0.4) is 0 Å². The zero-order valence-electron chi connectivity index (χ0n) is 13.0. The number of hydrogen-bond acceptors (Lipinski definition) is 5. The Balaban J connectivity index is 4.69. The van der Waals surface area contributed by atoms with E-state index < -0.39 is 19.7 Å². The van der Waals surface area contributed by atoms with Crippen LogP contribution in [0.25, 0.3) is 0 Å². The van der Waals surface area contributed by atoms with Gasteiger partial charge in [0.1, 0.15) is 6.16 Å². The van der Waals surface area contributed by atoms with E-state index in [-0.39, 0.29) is 19.8 Å². The summed E-state index contributed by atoms with van der Waals surface area (Å²) in [7, 11) is -3.56. The van der Waals surface area contributed by atoms with E-state index in [9.17, 15) is 9.36 Å². The van der Waals surface area contributed by atoms with Gasteiger partial charge in [-0.3, -0.25) is 9.36 Å². The maximum absolute atomic E-state index is 12.5. The molecule has 0 rings (SSSR count). The lowest BCUT2D eigenvalue weighted by Crippen LogP contribution is -2.13. The second kappa shape index (κ2) is 10.4. The number of terminal acetylenes is 1. The number of esters is 1. The Morgan fingerprint density at radius 3 is 1.95 bits per heavy atom. The molecule has 118 valence electrons. The summed E-state index contributed by atoms with van der Waals surface area (Å²) in [5.74, 6) is 1.46. The van der Waals surface area contributed by atoms with Gasteiger partial charge in [0.2, 0.25) is 0 Å². The van der Waals surface area contributed by atoms with Crippen molar-refractivity contribution >= 4 is 13.6 Å². The van der Waals surface area contributed by atoms with Crippen LogP contribution in [0.5, 0.6) is 0 Å². The van der Waals surface area contributed by atoms with Crippen LogP contribution in [0.4, 0.5) is 0 Å². The van der Waals surface area contributed by atoms with Gasteiger partial charge in [-0.1, -0.05) is 29.2 Å². The molecule has 0 aliphatic heterocycles. The lowest BCUT2D eigenvalue weighted by Gasteiger charge is -2.16. The van der Waals surface area contributed by atoms with Gasteiger partial charge in [0.15, 0.2) is 6.61 Å². The molecule has 0 amide bonds. The highest BCUT2D eigenvalue weighted by atomic mass is 31.2. The van der Waals surface area contributed by atoms with Crippen LogP contribution in [-0.4, -0.2) is 32.0 Å². The highest BCUT2D eigenvalue weighted by Crippen LogP contribution is 2.48. The zero-order valence-corrected chi connectivity index (χ0v) is 13.9. The molecule has 0 radical (unpaired) electrons. The second-order valence-corrected chi connectivity index (χ2v) is 6.84. The van der Waals surface area contributed by atoms with E-state index in [1.54, 1.807) is 12.2 Å². The Hall–Kier alpha value is -1.34. The summed E-state index contributed by atoms with van der Waals surface area (Å²) in [5.41, 5.74) is 2.03. The largest absolute Gasteiger partial charge is 0.452 e. The van der Waals surface area contributed by atoms with E-state index in [4.69, 9.17) is 20.2 Å². The molecule has 0 unspecified atom stereocenters. The molecule has 0 spiro atoms. The topological polar surface area (TPSA) is 61.8 Å². The number of allylic oxidation sites excluding steroid dienone is 2. The van der Waals surface area contributed by atoms with E-state index in [1.807, 2.05) is 27.7 Å². The zero-order chi connectivity index (χ0) is 16.3. The number of ether oxygens (including phenoxy) is 1. The summed E-state index contributed by atoms with van der Waals surface area (Å²) < 4.78 is 27.7. The maximum atomic E-state index is 12.5. The Morgan fingerprint density at radius 1 is 1.10 bits per heavy atom. The maximum Gasteiger partial charge on any atom is 0.342 e. The van der Waals surface area contributed by atoms with Gasteiger partial charge < -0.3 is 13.8 Å². The molecule has 0 aromatic heterocycles. The summed E-state index contributed by atoms with van der Waals surface area (Å²) in [6.45, 7) is 7.60. The quantitative estimate of drug-likeness (QED) is 0.283. The molecule has 6 heteroatoms. The summed E-state index contributed by atoms with van der Waals surface area (Å²) in [4.78, 5) is 11.5. The normalized spacial score (nSPS) is 10.4. The minimum atomic E-state index is -3.56. The van der Waals surface area contributed by atoms with E-state index in [2.05, 4.69) is 5.92 Å². The van der Waals surface area contributed by atoms with Crippen LogP contribution < -0.4 is 0 Å². The Bertz CT molecular complexity index is 451. The first-order valence-corrected chi connectivity index (χ1v) is 8.26. The molecule has 0 bridgehead atoms.